The van der Waals surface area contributed by atoms with E-state index in [1.54, 1.807) is 0 Å². The van der Waals surface area contributed by atoms with Crippen LogP contribution in [0, 0.1) is 6.92 Å². The molecule has 1 aromatic rings. The topological polar surface area (TPSA) is 83.8 Å². The molecule has 0 aromatic carbocycles. The van der Waals surface area contributed by atoms with Crippen molar-refractivity contribution < 1.29 is 0 Å². The highest BCUT2D eigenvalue weighted by Crippen LogP contribution is 2.24. The molecule has 0 spiro atoms. The fourth-order valence-corrected chi connectivity index (χ4v) is 2.06. The number of nitrogens with zero attached hydrogens (tertiary/aromatic N) is 1. The summed E-state index contributed by atoms with van der Waals surface area (Å²) in [5.74, 6) is 0.593. The Hall–Kier alpha value is -1.36. The van der Waals surface area contributed by atoms with Gasteiger partial charge in [-0.15, -0.1) is 0 Å². The Morgan fingerprint density at radius 2 is 2.07 bits per heavy atom. The zero-order valence-corrected chi connectivity index (χ0v) is 8.84. The molecular weight excluding hydrogens is 192 g/mol. The molecule has 0 unspecified atom stereocenters. The first-order chi connectivity index (χ1) is 7.18. The van der Waals surface area contributed by atoms with E-state index in [-0.39, 0.29) is 11.5 Å². The predicted octanol–water partition coefficient (Wildman–Crippen LogP) is 0.128. The first-order valence-corrected chi connectivity index (χ1v) is 5.25. The van der Waals surface area contributed by atoms with Crippen molar-refractivity contribution in [2.45, 2.75) is 25.7 Å². The van der Waals surface area contributed by atoms with Crippen molar-refractivity contribution in [2.24, 2.45) is 0 Å². The van der Waals surface area contributed by atoms with Crippen LogP contribution in [0.25, 0.3) is 0 Å². The van der Waals surface area contributed by atoms with Gasteiger partial charge in [0.25, 0.3) is 5.56 Å². The average molecular weight is 208 g/mol. The summed E-state index contributed by atoms with van der Waals surface area (Å²) < 4.78 is 0. The van der Waals surface area contributed by atoms with Crippen LogP contribution in [0.5, 0.6) is 0 Å². The lowest BCUT2D eigenvalue weighted by Gasteiger charge is -2.23. The summed E-state index contributed by atoms with van der Waals surface area (Å²) in [6.07, 6.45) is 2.05. The standard InChI is InChI=1S/C10H16N4O/c1-6-8(7-2-4-12-5-3-7)13-10(11)14-9(6)15/h7,12H,2-5H2,1H3,(H3,11,13,14,15). The van der Waals surface area contributed by atoms with Gasteiger partial charge in [-0.1, -0.05) is 0 Å². The van der Waals surface area contributed by atoms with Gasteiger partial charge >= 0.3 is 0 Å². The van der Waals surface area contributed by atoms with E-state index in [1.165, 1.54) is 0 Å². The largest absolute Gasteiger partial charge is 0.369 e. The zero-order valence-electron chi connectivity index (χ0n) is 8.84. The number of aromatic nitrogens is 2. The number of nitrogens with two attached hydrogens (primary N) is 1. The van der Waals surface area contributed by atoms with Crippen molar-refractivity contribution in [1.82, 2.24) is 15.3 Å². The van der Waals surface area contributed by atoms with Crippen LogP contribution in [-0.2, 0) is 0 Å². The van der Waals surface area contributed by atoms with Crippen LogP contribution in [-0.4, -0.2) is 23.1 Å². The van der Waals surface area contributed by atoms with Crippen molar-refractivity contribution in [2.75, 3.05) is 18.8 Å². The molecule has 1 aliphatic heterocycles. The van der Waals surface area contributed by atoms with Gasteiger partial charge in [-0.05, 0) is 32.9 Å². The third-order valence-electron chi connectivity index (χ3n) is 2.93. The number of piperidine rings is 1. The molecule has 0 bridgehead atoms. The van der Waals surface area contributed by atoms with Gasteiger partial charge in [0.1, 0.15) is 0 Å². The maximum Gasteiger partial charge on any atom is 0.255 e. The average Bonchev–Trinajstić information content (AvgIpc) is 2.24. The number of H-pyrrole nitrogens is 1. The summed E-state index contributed by atoms with van der Waals surface area (Å²) in [6.45, 7) is 3.78. The van der Waals surface area contributed by atoms with Crippen LogP contribution in [0.1, 0.15) is 30.0 Å². The van der Waals surface area contributed by atoms with Crippen LogP contribution < -0.4 is 16.6 Å². The van der Waals surface area contributed by atoms with Gasteiger partial charge in [-0.3, -0.25) is 9.78 Å². The number of hydrogen-bond acceptors (Lipinski definition) is 4. The zero-order chi connectivity index (χ0) is 10.8. The molecule has 4 N–H and O–H groups in total. The molecule has 0 amide bonds. The van der Waals surface area contributed by atoms with Crippen molar-refractivity contribution in [1.29, 1.82) is 0 Å². The van der Waals surface area contributed by atoms with E-state index in [0.29, 0.717) is 11.5 Å². The first-order valence-electron chi connectivity index (χ1n) is 5.25. The maximum absolute atomic E-state index is 11.5. The minimum Gasteiger partial charge on any atom is -0.369 e. The Labute approximate surface area is 88.1 Å². The molecule has 1 saturated heterocycles. The van der Waals surface area contributed by atoms with E-state index in [2.05, 4.69) is 15.3 Å². The Kier molecular flexibility index (Phi) is 2.73. The molecule has 0 aliphatic carbocycles. The summed E-state index contributed by atoms with van der Waals surface area (Å²) in [4.78, 5) is 18.3. The van der Waals surface area contributed by atoms with Crippen LogP contribution >= 0.6 is 0 Å². The Morgan fingerprint density at radius 1 is 1.40 bits per heavy atom. The van der Waals surface area contributed by atoms with E-state index < -0.39 is 0 Å². The molecule has 15 heavy (non-hydrogen) atoms. The van der Waals surface area contributed by atoms with Crippen LogP contribution in [0.4, 0.5) is 5.95 Å². The lowest BCUT2D eigenvalue weighted by molar-refractivity contribution is 0.451. The van der Waals surface area contributed by atoms with Gasteiger partial charge in [-0.2, -0.15) is 0 Å². The molecule has 82 valence electrons. The second-order valence-electron chi connectivity index (χ2n) is 3.99. The van der Waals surface area contributed by atoms with Gasteiger partial charge in [0.15, 0.2) is 0 Å². The fraction of sp³-hybridized carbons (Fsp3) is 0.600. The maximum atomic E-state index is 11.5. The molecule has 2 heterocycles. The Bertz CT molecular complexity index is 406. The molecule has 0 radical (unpaired) electrons. The van der Waals surface area contributed by atoms with E-state index >= 15 is 0 Å². The second kappa shape index (κ2) is 4.02. The van der Waals surface area contributed by atoms with Crippen molar-refractivity contribution in [3.63, 3.8) is 0 Å². The molecule has 1 aliphatic rings. The summed E-state index contributed by atoms with van der Waals surface area (Å²) in [7, 11) is 0. The van der Waals surface area contributed by atoms with Gasteiger partial charge < -0.3 is 11.1 Å². The van der Waals surface area contributed by atoms with Crippen molar-refractivity contribution in [3.8, 4) is 0 Å². The lowest BCUT2D eigenvalue weighted by atomic mass is 9.92. The van der Waals surface area contributed by atoms with Gasteiger partial charge in [0.2, 0.25) is 5.95 Å². The number of rotatable bonds is 1. The minimum absolute atomic E-state index is 0.115. The molecule has 1 aromatic heterocycles. The second-order valence-corrected chi connectivity index (χ2v) is 3.99. The van der Waals surface area contributed by atoms with Gasteiger partial charge in [0.05, 0.1) is 5.69 Å². The number of anilines is 1. The predicted molar refractivity (Wildman–Crippen MR) is 58.9 cm³/mol. The third-order valence-corrected chi connectivity index (χ3v) is 2.93. The van der Waals surface area contributed by atoms with Crippen LogP contribution in [0.2, 0.25) is 0 Å². The molecule has 1 fully saturated rings. The fourth-order valence-electron chi connectivity index (χ4n) is 2.06. The summed E-state index contributed by atoms with van der Waals surface area (Å²) >= 11 is 0. The van der Waals surface area contributed by atoms with Crippen molar-refractivity contribution >= 4 is 5.95 Å². The molecular formula is C10H16N4O. The highest BCUT2D eigenvalue weighted by Gasteiger charge is 2.20. The molecule has 2 rings (SSSR count). The minimum atomic E-state index is -0.115. The summed E-state index contributed by atoms with van der Waals surface area (Å²) in [5, 5.41) is 3.29. The summed E-state index contributed by atoms with van der Waals surface area (Å²) in [6, 6.07) is 0. The van der Waals surface area contributed by atoms with Crippen molar-refractivity contribution in [3.05, 3.63) is 21.6 Å². The normalized spacial score (nSPS) is 17.9. The molecule has 5 nitrogen and oxygen atoms in total. The number of nitrogen functional groups attached to an aromatic ring is 1. The SMILES string of the molecule is Cc1c(C2CCNCC2)nc(N)[nH]c1=O. The Morgan fingerprint density at radius 3 is 2.73 bits per heavy atom. The highest BCUT2D eigenvalue weighted by molar-refractivity contribution is 5.27. The summed E-state index contributed by atoms with van der Waals surface area (Å²) in [5.41, 5.74) is 7.02. The molecule has 0 atom stereocenters. The van der Waals surface area contributed by atoms with E-state index in [0.717, 1.165) is 31.6 Å². The van der Waals surface area contributed by atoms with Gasteiger partial charge in [-0.25, -0.2) is 4.98 Å². The third kappa shape index (κ3) is 2.02. The van der Waals surface area contributed by atoms with E-state index in [9.17, 15) is 4.79 Å². The molecule has 5 heteroatoms. The highest BCUT2D eigenvalue weighted by atomic mass is 16.1. The Balaban J connectivity index is 2.37. The number of nitrogens with one attached hydrogen (secondary N) is 2. The number of aromatic amines is 1. The molecule has 0 saturated carbocycles. The van der Waals surface area contributed by atoms with Gasteiger partial charge in [0, 0.05) is 11.5 Å². The monoisotopic (exact) mass is 208 g/mol. The lowest BCUT2D eigenvalue weighted by Crippen LogP contribution is -2.29. The van der Waals surface area contributed by atoms with E-state index in [1.807, 2.05) is 6.92 Å². The smallest absolute Gasteiger partial charge is 0.255 e. The van der Waals surface area contributed by atoms with E-state index in [4.69, 9.17) is 5.73 Å². The van der Waals surface area contributed by atoms with Crippen LogP contribution in [0.15, 0.2) is 4.79 Å². The number of hydrogen-bond donors (Lipinski definition) is 3. The quantitative estimate of drug-likeness (QED) is 0.612. The first kappa shape index (κ1) is 10.2. The van der Waals surface area contributed by atoms with Crippen LogP contribution in [0.3, 0.4) is 0 Å².